The molecule has 3 aromatic carbocycles. The van der Waals surface area contributed by atoms with Gasteiger partial charge >= 0.3 is 0 Å². The molecule has 37 heavy (non-hydrogen) atoms. The van der Waals surface area contributed by atoms with E-state index in [0.717, 1.165) is 27.8 Å². The maximum absolute atomic E-state index is 13.3. The van der Waals surface area contributed by atoms with E-state index in [4.69, 9.17) is 23.9 Å². The second-order valence-corrected chi connectivity index (χ2v) is 9.60. The van der Waals surface area contributed by atoms with Crippen LogP contribution in [0, 0.1) is 0 Å². The Kier molecular flexibility index (Phi) is 7.14. The second kappa shape index (κ2) is 10.6. The van der Waals surface area contributed by atoms with Crippen molar-refractivity contribution >= 4 is 33.0 Å². The standard InChI is InChI=1S/C28H26BrN3O5/c1-4-17(2)27-31-22-8-7-20(29)13-21(22)28(33)32(27)30-14-18-5-9-23(25(11-18)34-3)35-15-19-6-10-24-26(12-19)37-16-36-24/h5-14,17H,4,15-16H2,1-3H3/t17-/m1/s1. The van der Waals surface area contributed by atoms with Gasteiger partial charge in [0.2, 0.25) is 6.79 Å². The van der Waals surface area contributed by atoms with Crippen LogP contribution >= 0.6 is 15.9 Å². The summed E-state index contributed by atoms with van der Waals surface area (Å²) in [5, 5.41) is 5.04. The molecule has 0 saturated heterocycles. The van der Waals surface area contributed by atoms with Crippen LogP contribution in [0.1, 0.15) is 43.1 Å². The number of rotatable bonds is 8. The molecule has 0 unspecified atom stereocenters. The van der Waals surface area contributed by atoms with Crippen molar-refractivity contribution in [2.75, 3.05) is 13.9 Å². The Bertz CT molecular complexity index is 1550. The van der Waals surface area contributed by atoms with Crippen molar-refractivity contribution in [1.82, 2.24) is 9.66 Å². The molecule has 1 atom stereocenters. The van der Waals surface area contributed by atoms with Gasteiger partial charge in [0.1, 0.15) is 12.4 Å². The van der Waals surface area contributed by atoms with E-state index in [1.54, 1.807) is 19.4 Å². The maximum Gasteiger partial charge on any atom is 0.282 e. The number of fused-ring (bicyclic) bond motifs is 2. The zero-order chi connectivity index (χ0) is 25.9. The number of aromatic nitrogens is 2. The molecule has 4 aromatic rings. The van der Waals surface area contributed by atoms with Gasteiger partial charge in [-0.05, 0) is 66.1 Å². The van der Waals surface area contributed by atoms with Crippen molar-refractivity contribution < 1.29 is 18.9 Å². The lowest BCUT2D eigenvalue weighted by Gasteiger charge is -2.14. The van der Waals surface area contributed by atoms with Crippen molar-refractivity contribution in [2.45, 2.75) is 32.8 Å². The lowest BCUT2D eigenvalue weighted by molar-refractivity contribution is 0.174. The van der Waals surface area contributed by atoms with Crippen molar-refractivity contribution in [3.63, 3.8) is 0 Å². The molecule has 190 valence electrons. The average Bonchev–Trinajstić information content (AvgIpc) is 3.39. The van der Waals surface area contributed by atoms with Gasteiger partial charge in [0.25, 0.3) is 5.56 Å². The molecule has 8 nitrogen and oxygen atoms in total. The van der Waals surface area contributed by atoms with Crippen LogP contribution in [0.25, 0.3) is 10.9 Å². The van der Waals surface area contributed by atoms with Crippen molar-refractivity contribution in [3.05, 3.63) is 86.4 Å². The summed E-state index contributed by atoms with van der Waals surface area (Å²) in [5.74, 6) is 3.26. The fraction of sp³-hybridized carbons (Fsp3) is 0.250. The highest BCUT2D eigenvalue weighted by molar-refractivity contribution is 9.10. The van der Waals surface area contributed by atoms with Crippen molar-refractivity contribution in [3.8, 4) is 23.0 Å². The molecule has 5 rings (SSSR count). The Morgan fingerprint density at radius 1 is 1.11 bits per heavy atom. The molecule has 0 radical (unpaired) electrons. The smallest absolute Gasteiger partial charge is 0.282 e. The minimum atomic E-state index is -0.214. The zero-order valence-electron chi connectivity index (χ0n) is 20.7. The fourth-order valence-corrected chi connectivity index (χ4v) is 4.34. The van der Waals surface area contributed by atoms with Crippen LogP contribution in [0.3, 0.4) is 0 Å². The minimum Gasteiger partial charge on any atom is -0.493 e. The van der Waals surface area contributed by atoms with E-state index in [1.807, 2.05) is 55.5 Å². The van der Waals surface area contributed by atoms with Crippen LogP contribution in [0.15, 0.2) is 69.0 Å². The molecule has 0 N–H and O–H groups in total. The highest BCUT2D eigenvalue weighted by Crippen LogP contribution is 2.34. The van der Waals surface area contributed by atoms with Crippen molar-refractivity contribution in [2.24, 2.45) is 5.10 Å². The largest absolute Gasteiger partial charge is 0.493 e. The summed E-state index contributed by atoms with van der Waals surface area (Å²) in [7, 11) is 1.58. The van der Waals surface area contributed by atoms with Gasteiger partial charge in [-0.2, -0.15) is 9.78 Å². The Hall–Kier alpha value is -3.85. The molecule has 0 saturated carbocycles. The van der Waals surface area contributed by atoms with E-state index in [0.29, 0.717) is 40.6 Å². The van der Waals surface area contributed by atoms with Gasteiger partial charge in [0.05, 0.1) is 24.2 Å². The molecule has 1 aliphatic heterocycles. The van der Waals surface area contributed by atoms with Gasteiger partial charge in [-0.3, -0.25) is 4.79 Å². The number of halogens is 1. The zero-order valence-corrected chi connectivity index (χ0v) is 22.3. The topological polar surface area (TPSA) is 84.2 Å². The Morgan fingerprint density at radius 2 is 1.95 bits per heavy atom. The summed E-state index contributed by atoms with van der Waals surface area (Å²) in [6.07, 6.45) is 2.45. The summed E-state index contributed by atoms with van der Waals surface area (Å²) in [6.45, 7) is 4.66. The first kappa shape index (κ1) is 24.8. The number of benzene rings is 3. The Labute approximate surface area is 222 Å². The van der Waals surface area contributed by atoms with E-state index in [1.165, 1.54) is 4.68 Å². The third-order valence-electron chi connectivity index (χ3n) is 6.23. The summed E-state index contributed by atoms with van der Waals surface area (Å²) in [4.78, 5) is 18.1. The second-order valence-electron chi connectivity index (χ2n) is 8.69. The normalized spacial score (nSPS) is 13.3. The van der Waals surface area contributed by atoms with E-state index in [9.17, 15) is 4.79 Å². The molecular formula is C28H26BrN3O5. The van der Waals surface area contributed by atoms with E-state index >= 15 is 0 Å². The number of hydrogen-bond donors (Lipinski definition) is 0. The number of methoxy groups -OCH3 is 1. The van der Waals surface area contributed by atoms with Crippen LogP contribution in [-0.2, 0) is 6.61 Å². The summed E-state index contributed by atoms with van der Waals surface area (Å²) < 4.78 is 24.6. The highest BCUT2D eigenvalue weighted by Gasteiger charge is 2.16. The maximum atomic E-state index is 13.3. The molecule has 0 bridgehead atoms. The lowest BCUT2D eigenvalue weighted by Crippen LogP contribution is -2.23. The molecule has 0 fully saturated rings. The summed E-state index contributed by atoms with van der Waals surface area (Å²) >= 11 is 3.44. The molecule has 0 spiro atoms. The van der Waals surface area contributed by atoms with Gasteiger partial charge < -0.3 is 18.9 Å². The minimum absolute atomic E-state index is 0.0550. The van der Waals surface area contributed by atoms with Crippen LogP contribution < -0.4 is 24.5 Å². The highest BCUT2D eigenvalue weighted by atomic mass is 79.9. The summed E-state index contributed by atoms with van der Waals surface area (Å²) in [6, 6.07) is 16.7. The third-order valence-corrected chi connectivity index (χ3v) is 6.72. The van der Waals surface area contributed by atoms with Gasteiger partial charge in [-0.1, -0.05) is 35.8 Å². The van der Waals surface area contributed by atoms with Crippen LogP contribution in [-0.4, -0.2) is 29.8 Å². The van der Waals surface area contributed by atoms with Gasteiger partial charge in [-0.15, -0.1) is 0 Å². The molecule has 9 heteroatoms. The summed E-state index contributed by atoms with van der Waals surface area (Å²) in [5.41, 5.74) is 2.14. The van der Waals surface area contributed by atoms with E-state index in [-0.39, 0.29) is 18.3 Å². The SMILES string of the molecule is CC[C@@H](C)c1nc2ccc(Br)cc2c(=O)n1N=Cc1ccc(OCc2ccc3c(c2)OCO3)c(OC)c1. The van der Waals surface area contributed by atoms with E-state index < -0.39 is 0 Å². The first-order valence-electron chi connectivity index (χ1n) is 11.9. The first-order chi connectivity index (χ1) is 18.0. The predicted molar refractivity (Wildman–Crippen MR) is 145 cm³/mol. The third kappa shape index (κ3) is 5.17. The van der Waals surface area contributed by atoms with E-state index in [2.05, 4.69) is 28.0 Å². The molecular weight excluding hydrogens is 538 g/mol. The fourth-order valence-electron chi connectivity index (χ4n) is 3.98. The van der Waals surface area contributed by atoms with Crippen LogP contribution in [0.2, 0.25) is 0 Å². The van der Waals surface area contributed by atoms with Crippen LogP contribution in [0.5, 0.6) is 23.0 Å². The molecule has 0 aliphatic carbocycles. The van der Waals surface area contributed by atoms with Crippen molar-refractivity contribution in [1.29, 1.82) is 0 Å². The van der Waals surface area contributed by atoms with Gasteiger partial charge in [-0.25, -0.2) is 4.98 Å². The molecule has 1 aromatic heterocycles. The average molecular weight is 564 g/mol. The van der Waals surface area contributed by atoms with Gasteiger partial charge in [0, 0.05) is 10.4 Å². The van der Waals surface area contributed by atoms with Crippen LogP contribution in [0.4, 0.5) is 0 Å². The monoisotopic (exact) mass is 563 g/mol. The number of ether oxygens (including phenoxy) is 4. The number of hydrogen-bond acceptors (Lipinski definition) is 7. The number of nitrogens with zero attached hydrogens (tertiary/aromatic N) is 3. The quantitative estimate of drug-likeness (QED) is 0.249. The lowest BCUT2D eigenvalue weighted by atomic mass is 10.1. The molecule has 1 aliphatic rings. The van der Waals surface area contributed by atoms with Gasteiger partial charge in [0.15, 0.2) is 23.0 Å². The molecule has 2 heterocycles. The predicted octanol–water partition coefficient (Wildman–Crippen LogP) is 5.87. The Balaban J connectivity index is 1.41. The Morgan fingerprint density at radius 3 is 2.76 bits per heavy atom. The molecule has 0 amide bonds. The first-order valence-corrected chi connectivity index (χ1v) is 12.7.